The van der Waals surface area contributed by atoms with Crippen LogP contribution in [0.1, 0.15) is 0 Å². The van der Waals surface area contributed by atoms with Crippen LogP contribution in [0.4, 0.5) is 8.78 Å². The Morgan fingerprint density at radius 3 is 1.25 bits per heavy atom. The van der Waals surface area contributed by atoms with Crippen LogP contribution in [-0.4, -0.2) is 21.4 Å². The lowest BCUT2D eigenvalue weighted by Gasteiger charge is -2.04. The van der Waals surface area contributed by atoms with E-state index in [-0.39, 0.29) is 0 Å². The number of ketones is 2. The third-order valence-corrected chi connectivity index (χ3v) is 1.61. The van der Waals surface area contributed by atoms with Gasteiger partial charge in [-0.15, -0.1) is 0 Å². The van der Waals surface area contributed by atoms with E-state index < -0.39 is 44.5 Å². The average Bonchev–Trinajstić information content (AvgIpc) is 2.14. The fraction of sp³-hybridized carbons (Fsp3) is 0. The molecule has 0 aromatic rings. The molecule has 0 bridgehead atoms. The Morgan fingerprint density at radius 1 is 0.812 bits per heavy atom. The monoisotopic (exact) mass is 234 g/mol. The molecule has 0 N–H and O–H groups in total. The fourth-order valence-electron chi connectivity index (χ4n) is 0.948. The van der Waals surface area contributed by atoms with Crippen LogP contribution >= 0.6 is 0 Å². The van der Waals surface area contributed by atoms with Gasteiger partial charge < -0.3 is 0 Å². The van der Waals surface area contributed by atoms with Crippen molar-refractivity contribution in [1.82, 2.24) is 0 Å². The van der Waals surface area contributed by atoms with E-state index in [4.69, 9.17) is 0 Å². The van der Waals surface area contributed by atoms with Crippen molar-refractivity contribution < 1.29 is 28.2 Å². The van der Waals surface area contributed by atoms with Crippen LogP contribution in [0.25, 0.3) is 0 Å². The van der Waals surface area contributed by atoms with Gasteiger partial charge in [0.2, 0.25) is 0 Å². The Hall–Kier alpha value is -2.52. The zero-order chi connectivity index (χ0) is 12.6. The van der Waals surface area contributed by atoms with Crippen molar-refractivity contribution in [1.29, 1.82) is 0 Å². The molecule has 0 radical (unpaired) electrons. The van der Waals surface area contributed by atoms with Crippen molar-refractivity contribution in [2.24, 2.45) is 0 Å². The lowest BCUT2D eigenvalue weighted by Crippen LogP contribution is -2.28. The van der Waals surface area contributed by atoms with Crippen molar-refractivity contribution in [2.75, 3.05) is 0 Å². The summed E-state index contributed by atoms with van der Waals surface area (Å²) in [5.74, 6) is -8.76. The van der Waals surface area contributed by atoms with E-state index in [1.165, 1.54) is 0 Å². The highest BCUT2D eigenvalue weighted by Gasteiger charge is 2.49. The Kier molecular flexibility index (Phi) is 2.57. The van der Waals surface area contributed by atoms with Crippen molar-refractivity contribution in [2.45, 2.75) is 0 Å². The molecular formula is C6F2N2O6. The number of halogens is 2. The van der Waals surface area contributed by atoms with Gasteiger partial charge in [-0.3, -0.25) is 29.8 Å². The molecule has 0 saturated carbocycles. The molecule has 0 aromatic heterocycles. The average molecular weight is 234 g/mol. The maximum atomic E-state index is 12.9. The summed E-state index contributed by atoms with van der Waals surface area (Å²) in [6, 6.07) is 0. The zero-order valence-electron chi connectivity index (χ0n) is 7.10. The molecular weight excluding hydrogens is 234 g/mol. The van der Waals surface area contributed by atoms with Gasteiger partial charge in [0.1, 0.15) is 0 Å². The molecule has 8 nitrogen and oxygen atoms in total. The summed E-state index contributed by atoms with van der Waals surface area (Å²) < 4.78 is 25.8. The minimum absolute atomic E-state index is 1.62. The predicted molar refractivity (Wildman–Crippen MR) is 40.3 cm³/mol. The van der Waals surface area contributed by atoms with Crippen LogP contribution in [0.15, 0.2) is 23.0 Å². The number of carbonyl (C=O) groups excluding carboxylic acids is 2. The van der Waals surface area contributed by atoms with Gasteiger partial charge in [-0.2, -0.15) is 8.78 Å². The highest BCUT2D eigenvalue weighted by Crippen LogP contribution is 2.26. The number of hydrogen-bond acceptors (Lipinski definition) is 6. The standard InChI is InChI=1S/C6F2N2O6/c7-1-3(9(13)14)6(12)2(8)4(5(1)11)10(15)16. The van der Waals surface area contributed by atoms with Crippen LogP contribution in [-0.2, 0) is 9.59 Å². The molecule has 0 aromatic carbocycles. The summed E-state index contributed by atoms with van der Waals surface area (Å²) in [4.78, 5) is 38.6. The summed E-state index contributed by atoms with van der Waals surface area (Å²) in [5.41, 5.74) is -3.87. The lowest BCUT2D eigenvalue weighted by atomic mass is 10.0. The number of allylic oxidation sites excluding steroid dienone is 2. The van der Waals surface area contributed by atoms with Gasteiger partial charge in [0, 0.05) is 0 Å². The van der Waals surface area contributed by atoms with E-state index in [1.807, 2.05) is 0 Å². The number of hydrogen-bond donors (Lipinski definition) is 0. The first-order valence-electron chi connectivity index (χ1n) is 3.46. The minimum atomic E-state index is -2.25. The Labute approximate surface area is 84.1 Å². The van der Waals surface area contributed by atoms with E-state index >= 15 is 0 Å². The number of carbonyl (C=O) groups is 2. The van der Waals surface area contributed by atoms with Gasteiger partial charge in [-0.25, -0.2) is 0 Å². The lowest BCUT2D eigenvalue weighted by molar-refractivity contribution is -0.427. The van der Waals surface area contributed by atoms with Gasteiger partial charge in [0.25, 0.3) is 11.7 Å². The van der Waals surface area contributed by atoms with Gasteiger partial charge in [0.15, 0.2) is 0 Å². The Balaban J connectivity index is 3.49. The van der Waals surface area contributed by atoms with E-state index in [1.54, 1.807) is 0 Å². The zero-order valence-corrected chi connectivity index (χ0v) is 7.10. The topological polar surface area (TPSA) is 120 Å². The molecule has 1 aliphatic carbocycles. The molecule has 0 unspecified atom stereocenters. The molecule has 0 fully saturated rings. The van der Waals surface area contributed by atoms with Crippen LogP contribution in [0.5, 0.6) is 0 Å². The van der Waals surface area contributed by atoms with E-state index in [9.17, 15) is 38.6 Å². The smallest absolute Gasteiger partial charge is 0.278 e. The second-order valence-corrected chi connectivity index (χ2v) is 2.50. The Bertz CT molecular complexity index is 459. The summed E-state index contributed by atoms with van der Waals surface area (Å²) >= 11 is 0. The van der Waals surface area contributed by atoms with Gasteiger partial charge in [-0.1, -0.05) is 0 Å². The molecule has 0 saturated heterocycles. The molecule has 84 valence electrons. The van der Waals surface area contributed by atoms with Gasteiger partial charge in [0.05, 0.1) is 9.85 Å². The first-order chi connectivity index (χ1) is 7.29. The first-order valence-corrected chi connectivity index (χ1v) is 3.46. The second-order valence-electron chi connectivity index (χ2n) is 2.50. The van der Waals surface area contributed by atoms with Crippen LogP contribution in [0.2, 0.25) is 0 Å². The maximum absolute atomic E-state index is 12.9. The molecule has 1 rings (SSSR count). The number of nitrogens with zero attached hydrogens (tertiary/aromatic N) is 2. The molecule has 0 amide bonds. The van der Waals surface area contributed by atoms with Crippen LogP contribution < -0.4 is 0 Å². The van der Waals surface area contributed by atoms with E-state index in [0.29, 0.717) is 0 Å². The quantitative estimate of drug-likeness (QED) is 0.378. The molecule has 0 atom stereocenters. The normalized spacial score (nSPS) is 16.9. The van der Waals surface area contributed by atoms with Crippen LogP contribution in [0, 0.1) is 20.2 Å². The third-order valence-electron chi connectivity index (χ3n) is 1.61. The van der Waals surface area contributed by atoms with Gasteiger partial charge in [-0.05, 0) is 0 Å². The number of rotatable bonds is 2. The van der Waals surface area contributed by atoms with Crippen molar-refractivity contribution in [3.05, 3.63) is 43.3 Å². The third kappa shape index (κ3) is 1.45. The second kappa shape index (κ2) is 3.56. The van der Waals surface area contributed by atoms with E-state index in [0.717, 1.165) is 0 Å². The molecule has 1 aliphatic rings. The molecule has 10 heteroatoms. The maximum Gasteiger partial charge on any atom is 0.359 e. The summed E-state index contributed by atoms with van der Waals surface area (Å²) in [7, 11) is 0. The highest BCUT2D eigenvalue weighted by molar-refractivity contribution is 6.21. The number of Topliss-reactive ketones (excluding diaryl/α,β-unsaturated/α-hetero) is 2. The minimum Gasteiger partial charge on any atom is -0.278 e. The van der Waals surface area contributed by atoms with Crippen molar-refractivity contribution >= 4 is 11.6 Å². The number of nitro groups is 2. The fourth-order valence-corrected chi connectivity index (χ4v) is 0.948. The predicted octanol–water partition coefficient (Wildman–Crippen LogP) is 0.0538. The molecule has 0 spiro atoms. The van der Waals surface area contributed by atoms with Crippen molar-refractivity contribution in [3.63, 3.8) is 0 Å². The molecule has 16 heavy (non-hydrogen) atoms. The molecule has 0 heterocycles. The molecule has 0 aliphatic heterocycles. The first kappa shape index (κ1) is 11.6. The van der Waals surface area contributed by atoms with Gasteiger partial charge >= 0.3 is 23.0 Å². The summed E-state index contributed by atoms with van der Waals surface area (Å²) in [5, 5.41) is 20.2. The van der Waals surface area contributed by atoms with Crippen molar-refractivity contribution in [3.8, 4) is 0 Å². The Morgan fingerprint density at radius 2 is 1.06 bits per heavy atom. The summed E-state index contributed by atoms with van der Waals surface area (Å²) in [6.07, 6.45) is 0. The van der Waals surface area contributed by atoms with E-state index in [2.05, 4.69) is 0 Å². The van der Waals surface area contributed by atoms with Crippen LogP contribution in [0.3, 0.4) is 0 Å². The summed E-state index contributed by atoms with van der Waals surface area (Å²) in [6.45, 7) is 0. The largest absolute Gasteiger partial charge is 0.359 e. The highest BCUT2D eigenvalue weighted by atomic mass is 19.1. The SMILES string of the molecule is O=C1C(F)=C([N+](=O)[O-])C(=O)C(F)=C1[N+](=O)[O-].